The van der Waals surface area contributed by atoms with E-state index in [-0.39, 0.29) is 0 Å². The Balaban J connectivity index is 3.17. The number of hydrogen-bond donors (Lipinski definition) is 1. The van der Waals surface area contributed by atoms with Crippen molar-refractivity contribution in [2.24, 2.45) is 5.92 Å². The number of nitrogens with one attached hydrogen (secondary N) is 1. The van der Waals surface area contributed by atoms with Gasteiger partial charge in [-0.3, -0.25) is 0 Å². The molecular formula is C10H21N. The van der Waals surface area contributed by atoms with Gasteiger partial charge in [0.2, 0.25) is 0 Å². The SMILES string of the molecule is CC(C)CC=CCNC(C)C. The normalized spacial score (nSPS) is 12.2. The Morgan fingerprint density at radius 3 is 2.18 bits per heavy atom. The highest BCUT2D eigenvalue weighted by atomic mass is 14.9. The molecule has 0 rings (SSSR count). The highest BCUT2D eigenvalue weighted by Gasteiger charge is 1.88. The average Bonchev–Trinajstić information content (AvgIpc) is 1.85. The maximum absolute atomic E-state index is 3.33. The van der Waals surface area contributed by atoms with Crippen molar-refractivity contribution in [2.75, 3.05) is 6.54 Å². The Labute approximate surface area is 70.9 Å². The van der Waals surface area contributed by atoms with Crippen molar-refractivity contribution in [3.05, 3.63) is 12.2 Å². The number of rotatable bonds is 5. The zero-order valence-corrected chi connectivity index (χ0v) is 8.22. The summed E-state index contributed by atoms with van der Waals surface area (Å²) in [7, 11) is 0. The summed E-state index contributed by atoms with van der Waals surface area (Å²) >= 11 is 0. The van der Waals surface area contributed by atoms with Gasteiger partial charge in [-0.15, -0.1) is 0 Å². The molecule has 0 saturated heterocycles. The molecule has 0 aromatic carbocycles. The van der Waals surface area contributed by atoms with Crippen molar-refractivity contribution >= 4 is 0 Å². The van der Waals surface area contributed by atoms with Gasteiger partial charge >= 0.3 is 0 Å². The standard InChI is InChI=1S/C10H21N/c1-9(2)7-5-6-8-11-10(3)4/h5-6,9-11H,7-8H2,1-4H3. The lowest BCUT2D eigenvalue weighted by atomic mass is 10.1. The Morgan fingerprint density at radius 1 is 1.09 bits per heavy atom. The summed E-state index contributed by atoms with van der Waals surface area (Å²) in [5.41, 5.74) is 0. The minimum absolute atomic E-state index is 0.596. The molecule has 0 spiro atoms. The van der Waals surface area contributed by atoms with Crippen LogP contribution >= 0.6 is 0 Å². The Bertz CT molecular complexity index is 103. The number of hydrogen-bond acceptors (Lipinski definition) is 1. The van der Waals surface area contributed by atoms with Gasteiger partial charge in [0, 0.05) is 12.6 Å². The second kappa shape index (κ2) is 6.41. The lowest BCUT2D eigenvalue weighted by Crippen LogP contribution is -2.22. The summed E-state index contributed by atoms with van der Waals surface area (Å²) < 4.78 is 0. The van der Waals surface area contributed by atoms with Crippen LogP contribution in [0.2, 0.25) is 0 Å². The van der Waals surface area contributed by atoms with Crippen LogP contribution in [0.15, 0.2) is 12.2 Å². The molecule has 0 amide bonds. The number of allylic oxidation sites excluding steroid dienone is 1. The van der Waals surface area contributed by atoms with Crippen LogP contribution in [0.3, 0.4) is 0 Å². The van der Waals surface area contributed by atoms with Crippen molar-refractivity contribution < 1.29 is 0 Å². The first-order valence-electron chi connectivity index (χ1n) is 4.51. The predicted molar refractivity (Wildman–Crippen MR) is 51.7 cm³/mol. The van der Waals surface area contributed by atoms with Gasteiger partial charge in [-0.25, -0.2) is 0 Å². The van der Waals surface area contributed by atoms with Crippen LogP contribution in [0.5, 0.6) is 0 Å². The molecule has 0 unspecified atom stereocenters. The monoisotopic (exact) mass is 155 g/mol. The second-order valence-electron chi connectivity index (χ2n) is 3.66. The fourth-order valence-electron chi connectivity index (χ4n) is 0.755. The van der Waals surface area contributed by atoms with Crippen LogP contribution in [-0.2, 0) is 0 Å². The lowest BCUT2D eigenvalue weighted by molar-refractivity contribution is 0.627. The van der Waals surface area contributed by atoms with Crippen molar-refractivity contribution in [3.8, 4) is 0 Å². The highest BCUT2D eigenvalue weighted by molar-refractivity contribution is 4.84. The topological polar surface area (TPSA) is 12.0 Å². The molecular weight excluding hydrogens is 134 g/mol. The van der Waals surface area contributed by atoms with E-state index >= 15 is 0 Å². The van der Waals surface area contributed by atoms with E-state index in [1.54, 1.807) is 0 Å². The summed E-state index contributed by atoms with van der Waals surface area (Å²) in [4.78, 5) is 0. The molecule has 11 heavy (non-hydrogen) atoms. The zero-order valence-electron chi connectivity index (χ0n) is 8.22. The van der Waals surface area contributed by atoms with Crippen LogP contribution in [0.4, 0.5) is 0 Å². The summed E-state index contributed by atoms with van der Waals surface area (Å²) in [6.07, 6.45) is 5.65. The molecule has 1 nitrogen and oxygen atoms in total. The van der Waals surface area contributed by atoms with Gasteiger partial charge in [0.05, 0.1) is 0 Å². The third kappa shape index (κ3) is 9.70. The van der Waals surface area contributed by atoms with E-state index in [1.807, 2.05) is 0 Å². The average molecular weight is 155 g/mol. The van der Waals surface area contributed by atoms with E-state index in [0.29, 0.717) is 6.04 Å². The molecule has 0 fully saturated rings. The summed E-state index contributed by atoms with van der Waals surface area (Å²) in [6, 6.07) is 0.596. The first kappa shape index (κ1) is 10.7. The maximum atomic E-state index is 3.33. The fourth-order valence-corrected chi connectivity index (χ4v) is 0.755. The van der Waals surface area contributed by atoms with E-state index in [1.165, 1.54) is 6.42 Å². The van der Waals surface area contributed by atoms with Gasteiger partial charge < -0.3 is 5.32 Å². The Hall–Kier alpha value is -0.300. The van der Waals surface area contributed by atoms with Crippen LogP contribution in [0, 0.1) is 5.92 Å². The molecule has 0 radical (unpaired) electrons. The van der Waals surface area contributed by atoms with Gasteiger partial charge in [-0.05, 0) is 12.3 Å². The molecule has 1 heteroatoms. The van der Waals surface area contributed by atoms with Gasteiger partial charge in [-0.1, -0.05) is 39.8 Å². The van der Waals surface area contributed by atoms with Gasteiger partial charge in [0.1, 0.15) is 0 Å². The van der Waals surface area contributed by atoms with Crippen molar-refractivity contribution in [3.63, 3.8) is 0 Å². The Kier molecular flexibility index (Phi) is 6.24. The van der Waals surface area contributed by atoms with Crippen molar-refractivity contribution in [1.82, 2.24) is 5.32 Å². The van der Waals surface area contributed by atoms with Gasteiger partial charge in [0.15, 0.2) is 0 Å². The molecule has 0 aromatic heterocycles. The second-order valence-corrected chi connectivity index (χ2v) is 3.66. The molecule has 0 heterocycles. The van der Waals surface area contributed by atoms with E-state index in [2.05, 4.69) is 45.2 Å². The van der Waals surface area contributed by atoms with E-state index in [4.69, 9.17) is 0 Å². The van der Waals surface area contributed by atoms with Crippen molar-refractivity contribution in [2.45, 2.75) is 40.2 Å². The molecule has 66 valence electrons. The van der Waals surface area contributed by atoms with Gasteiger partial charge in [-0.2, -0.15) is 0 Å². The lowest BCUT2D eigenvalue weighted by Gasteiger charge is -2.03. The van der Waals surface area contributed by atoms with Crippen LogP contribution < -0.4 is 5.32 Å². The summed E-state index contributed by atoms with van der Waals surface area (Å²) in [5.74, 6) is 0.783. The summed E-state index contributed by atoms with van der Waals surface area (Å²) in [5, 5.41) is 3.33. The predicted octanol–water partition coefficient (Wildman–Crippen LogP) is 2.59. The molecule has 0 aliphatic rings. The molecule has 1 N–H and O–H groups in total. The van der Waals surface area contributed by atoms with E-state index in [9.17, 15) is 0 Å². The Morgan fingerprint density at radius 2 is 1.73 bits per heavy atom. The van der Waals surface area contributed by atoms with E-state index < -0.39 is 0 Å². The minimum atomic E-state index is 0.596. The van der Waals surface area contributed by atoms with Crippen molar-refractivity contribution in [1.29, 1.82) is 0 Å². The zero-order chi connectivity index (χ0) is 8.69. The molecule has 0 atom stereocenters. The largest absolute Gasteiger partial charge is 0.311 e. The molecule has 0 saturated carbocycles. The summed E-state index contributed by atoms with van der Waals surface area (Å²) in [6.45, 7) is 9.80. The van der Waals surface area contributed by atoms with Crippen LogP contribution in [0.25, 0.3) is 0 Å². The fraction of sp³-hybridized carbons (Fsp3) is 0.800. The van der Waals surface area contributed by atoms with Crippen LogP contribution in [-0.4, -0.2) is 12.6 Å². The van der Waals surface area contributed by atoms with Gasteiger partial charge in [0.25, 0.3) is 0 Å². The third-order valence-corrected chi connectivity index (χ3v) is 1.42. The van der Waals surface area contributed by atoms with E-state index in [0.717, 1.165) is 12.5 Å². The highest BCUT2D eigenvalue weighted by Crippen LogP contribution is 1.98. The first-order chi connectivity index (χ1) is 5.13. The smallest absolute Gasteiger partial charge is 0.0137 e. The van der Waals surface area contributed by atoms with Crippen LogP contribution in [0.1, 0.15) is 34.1 Å². The first-order valence-corrected chi connectivity index (χ1v) is 4.51. The maximum Gasteiger partial charge on any atom is 0.0137 e. The third-order valence-electron chi connectivity index (χ3n) is 1.42. The molecule has 0 aromatic rings. The quantitative estimate of drug-likeness (QED) is 0.602. The molecule has 0 aliphatic heterocycles. The molecule has 0 bridgehead atoms. The molecule has 0 aliphatic carbocycles. The minimum Gasteiger partial charge on any atom is -0.311 e.